The van der Waals surface area contributed by atoms with Gasteiger partial charge in [0.1, 0.15) is 6.04 Å². The number of hydrogen-bond donors (Lipinski definition) is 1. The van der Waals surface area contributed by atoms with Gasteiger partial charge in [-0.3, -0.25) is 4.79 Å². The topological polar surface area (TPSA) is 45.2 Å². The lowest BCUT2D eigenvalue weighted by Gasteiger charge is -2.10. The maximum Gasteiger partial charge on any atom is 0.258 e. The summed E-state index contributed by atoms with van der Waals surface area (Å²) in [6.07, 6.45) is 2.22. The molecule has 1 unspecified atom stereocenters. The van der Waals surface area contributed by atoms with Crippen LogP contribution in [-0.2, 0) is 11.2 Å². The van der Waals surface area contributed by atoms with Crippen molar-refractivity contribution in [3.63, 3.8) is 0 Å². The van der Waals surface area contributed by atoms with Crippen molar-refractivity contribution in [3.8, 4) is 0 Å². The molecule has 1 aromatic carbocycles. The van der Waals surface area contributed by atoms with E-state index in [-0.39, 0.29) is 11.9 Å². The summed E-state index contributed by atoms with van der Waals surface area (Å²) < 4.78 is 0. The van der Waals surface area contributed by atoms with Crippen LogP contribution in [0, 0.1) is 0 Å². The molecule has 0 aliphatic carbocycles. The van der Waals surface area contributed by atoms with Gasteiger partial charge < -0.3 is 5.32 Å². The molecule has 3 rings (SSSR count). The van der Waals surface area contributed by atoms with Crippen LogP contribution in [0.2, 0.25) is 5.02 Å². The molecule has 1 N–H and O–H groups in total. The Hall–Kier alpha value is -1.50. The predicted octanol–water partition coefficient (Wildman–Crippen LogP) is 2.63. The summed E-state index contributed by atoms with van der Waals surface area (Å²) in [5.74, 6) is -0.0695. The van der Waals surface area contributed by atoms with Crippen molar-refractivity contribution in [2.45, 2.75) is 12.5 Å². The molecular weight excluding hydrogens is 314 g/mol. The fraction of sp³-hybridized carbons (Fsp3) is 0.154. The minimum absolute atomic E-state index is 0.0695. The monoisotopic (exact) mass is 323 g/mol. The molecule has 1 aliphatic heterocycles. The van der Waals surface area contributed by atoms with Gasteiger partial charge in [-0.2, -0.15) is 0 Å². The molecule has 2 heterocycles. The van der Waals surface area contributed by atoms with Gasteiger partial charge in [0.25, 0.3) is 5.91 Å². The average molecular weight is 324 g/mol. The van der Waals surface area contributed by atoms with Crippen molar-refractivity contribution >= 4 is 51.3 Å². The lowest BCUT2D eigenvalue weighted by atomic mass is 10.1. The first-order valence-corrected chi connectivity index (χ1v) is 7.60. The van der Waals surface area contributed by atoms with E-state index in [2.05, 4.69) is 10.3 Å². The van der Waals surface area contributed by atoms with Crippen LogP contribution in [0.15, 0.2) is 35.8 Å². The van der Waals surface area contributed by atoms with Crippen LogP contribution < -0.4 is 10.2 Å². The molecule has 1 amide bonds. The van der Waals surface area contributed by atoms with Crippen molar-refractivity contribution in [1.29, 1.82) is 0 Å². The van der Waals surface area contributed by atoms with Crippen molar-refractivity contribution in [2.24, 2.45) is 0 Å². The average Bonchev–Trinajstić information content (AvgIpc) is 3.02. The summed E-state index contributed by atoms with van der Waals surface area (Å²) in [6.45, 7) is 0. The third-order valence-corrected chi connectivity index (χ3v) is 4.29. The third kappa shape index (κ3) is 2.54. The number of carbonyl (C=O) groups excluding carboxylic acids is 1. The van der Waals surface area contributed by atoms with Gasteiger partial charge in [-0.05, 0) is 29.9 Å². The van der Waals surface area contributed by atoms with Crippen LogP contribution in [0.5, 0.6) is 0 Å². The number of halogens is 1. The predicted molar refractivity (Wildman–Crippen MR) is 84.3 cm³/mol. The highest BCUT2D eigenvalue weighted by molar-refractivity contribution is 7.80. The number of anilines is 1. The van der Waals surface area contributed by atoms with E-state index in [1.807, 2.05) is 29.6 Å². The Kier molecular flexibility index (Phi) is 3.69. The highest BCUT2D eigenvalue weighted by Crippen LogP contribution is 2.23. The maximum atomic E-state index is 12.4. The van der Waals surface area contributed by atoms with Crippen LogP contribution in [0.3, 0.4) is 0 Å². The molecule has 2 aromatic rings. The van der Waals surface area contributed by atoms with E-state index in [1.165, 1.54) is 16.2 Å². The second-order valence-corrected chi connectivity index (χ2v) is 6.02. The number of nitrogens with zero attached hydrogens (tertiary/aromatic N) is 2. The molecule has 1 atom stereocenters. The van der Waals surface area contributed by atoms with Crippen LogP contribution in [0.1, 0.15) is 5.56 Å². The molecule has 0 radical (unpaired) electrons. The summed E-state index contributed by atoms with van der Waals surface area (Å²) in [7, 11) is 0. The van der Waals surface area contributed by atoms with Gasteiger partial charge in [0, 0.05) is 23.0 Å². The number of nitrogens with one attached hydrogen (secondary N) is 1. The fourth-order valence-electron chi connectivity index (χ4n) is 2.03. The number of amides is 1. The lowest BCUT2D eigenvalue weighted by molar-refractivity contribution is -0.118. The molecule has 1 saturated heterocycles. The van der Waals surface area contributed by atoms with E-state index in [4.69, 9.17) is 23.8 Å². The Bertz CT molecular complexity index is 642. The van der Waals surface area contributed by atoms with Gasteiger partial charge in [-0.25, -0.2) is 9.88 Å². The van der Waals surface area contributed by atoms with Crippen molar-refractivity contribution < 1.29 is 4.79 Å². The molecule has 0 spiro atoms. The number of rotatable bonds is 3. The number of hydrogen-bond acceptors (Lipinski definition) is 4. The first-order chi connectivity index (χ1) is 9.65. The summed E-state index contributed by atoms with van der Waals surface area (Å²) in [6, 6.07) is 7.09. The highest BCUT2D eigenvalue weighted by Gasteiger charge is 2.37. The Balaban J connectivity index is 1.78. The maximum absolute atomic E-state index is 12.4. The van der Waals surface area contributed by atoms with Crippen LogP contribution in [0.4, 0.5) is 5.13 Å². The second-order valence-electron chi connectivity index (χ2n) is 4.32. The van der Waals surface area contributed by atoms with Gasteiger partial charge in [0.2, 0.25) is 0 Å². The quantitative estimate of drug-likeness (QED) is 0.882. The van der Waals surface area contributed by atoms with Gasteiger partial charge in [0.05, 0.1) is 0 Å². The molecule has 20 heavy (non-hydrogen) atoms. The summed E-state index contributed by atoms with van der Waals surface area (Å²) in [4.78, 5) is 18.0. The molecule has 1 aromatic heterocycles. The van der Waals surface area contributed by atoms with E-state index in [9.17, 15) is 4.79 Å². The Morgan fingerprint density at radius 2 is 2.15 bits per heavy atom. The van der Waals surface area contributed by atoms with E-state index < -0.39 is 0 Å². The molecule has 1 aliphatic rings. The van der Waals surface area contributed by atoms with Crippen molar-refractivity contribution in [3.05, 3.63) is 46.4 Å². The normalized spacial score (nSPS) is 18.4. The zero-order valence-electron chi connectivity index (χ0n) is 10.2. The first kappa shape index (κ1) is 13.5. The van der Waals surface area contributed by atoms with E-state index in [0.717, 1.165) is 5.56 Å². The summed E-state index contributed by atoms with van der Waals surface area (Å²) >= 11 is 12.5. The van der Waals surface area contributed by atoms with E-state index >= 15 is 0 Å². The zero-order valence-corrected chi connectivity index (χ0v) is 12.6. The number of carbonyl (C=O) groups is 1. The number of thiocarbonyl (C=S) groups is 1. The number of aromatic nitrogens is 1. The summed E-state index contributed by atoms with van der Waals surface area (Å²) in [5.41, 5.74) is 1.03. The van der Waals surface area contributed by atoms with E-state index in [1.54, 1.807) is 6.20 Å². The highest BCUT2D eigenvalue weighted by atomic mass is 35.5. The molecular formula is C13H10ClN3OS2. The number of thiazole rings is 1. The molecule has 102 valence electrons. The van der Waals surface area contributed by atoms with Gasteiger partial charge in [-0.15, -0.1) is 11.3 Å². The zero-order chi connectivity index (χ0) is 14.1. The Labute approximate surface area is 130 Å². The first-order valence-electron chi connectivity index (χ1n) is 5.93. The summed E-state index contributed by atoms with van der Waals surface area (Å²) in [5, 5.41) is 6.55. The standard InChI is InChI=1S/C13H10ClN3OS2/c14-9-3-1-8(2-4-9)7-10-11(18)17(12(19)16-10)13-15-5-6-20-13/h1-6,10H,7H2,(H,16,19). The third-order valence-electron chi connectivity index (χ3n) is 2.98. The number of benzene rings is 1. The fourth-order valence-corrected chi connectivity index (χ4v) is 3.19. The smallest absolute Gasteiger partial charge is 0.258 e. The Morgan fingerprint density at radius 1 is 1.40 bits per heavy atom. The van der Waals surface area contributed by atoms with Crippen LogP contribution >= 0.6 is 35.2 Å². The van der Waals surface area contributed by atoms with Gasteiger partial charge >= 0.3 is 0 Å². The minimum Gasteiger partial charge on any atom is -0.350 e. The molecule has 0 saturated carbocycles. The van der Waals surface area contributed by atoms with Gasteiger partial charge in [-0.1, -0.05) is 23.7 Å². The van der Waals surface area contributed by atoms with Crippen molar-refractivity contribution in [2.75, 3.05) is 4.90 Å². The Morgan fingerprint density at radius 3 is 2.80 bits per heavy atom. The second kappa shape index (κ2) is 5.47. The molecule has 7 heteroatoms. The van der Waals surface area contributed by atoms with E-state index in [0.29, 0.717) is 21.7 Å². The van der Waals surface area contributed by atoms with Crippen LogP contribution in [0.25, 0.3) is 0 Å². The SMILES string of the molecule is O=C1C(Cc2ccc(Cl)cc2)NC(=S)N1c1nccs1. The molecule has 0 bridgehead atoms. The largest absolute Gasteiger partial charge is 0.350 e. The van der Waals surface area contributed by atoms with Crippen molar-refractivity contribution in [1.82, 2.24) is 10.3 Å². The molecule has 4 nitrogen and oxygen atoms in total. The lowest BCUT2D eigenvalue weighted by Crippen LogP contribution is -2.32. The van der Waals surface area contributed by atoms with Gasteiger partial charge in [0.15, 0.2) is 10.2 Å². The van der Waals surface area contributed by atoms with Crippen LogP contribution in [-0.4, -0.2) is 22.0 Å². The minimum atomic E-state index is -0.354. The molecule has 1 fully saturated rings.